The van der Waals surface area contributed by atoms with E-state index in [4.69, 9.17) is 9.47 Å². The molecule has 2 fully saturated rings. The lowest BCUT2D eigenvalue weighted by molar-refractivity contribution is -0.385. The highest BCUT2D eigenvalue weighted by molar-refractivity contribution is 6.15. The molecule has 12 heteroatoms. The van der Waals surface area contributed by atoms with Gasteiger partial charge >= 0.3 is 0 Å². The van der Waals surface area contributed by atoms with Crippen molar-refractivity contribution in [3.05, 3.63) is 121 Å². The summed E-state index contributed by atoms with van der Waals surface area (Å²) in [5.41, 5.74) is 2.06. The number of morpholine rings is 1. The van der Waals surface area contributed by atoms with Gasteiger partial charge in [0.25, 0.3) is 17.3 Å². The maximum atomic E-state index is 13.6. The topological polar surface area (TPSA) is 145 Å². The molecule has 0 spiro atoms. The van der Waals surface area contributed by atoms with Crippen molar-refractivity contribution < 1.29 is 28.9 Å². The summed E-state index contributed by atoms with van der Waals surface area (Å²) in [5.74, 6) is 0.0671. The first-order valence-electron chi connectivity index (χ1n) is 14.0. The number of nitro benzene ring substituents is 2. The third-order valence-electron chi connectivity index (χ3n) is 7.36. The number of ether oxygens (including phenoxy) is 2. The second-order valence-electron chi connectivity index (χ2n) is 10.4. The van der Waals surface area contributed by atoms with E-state index in [2.05, 4.69) is 4.90 Å². The standard InChI is InChI=1S/C32H30N4O8/c37-31-26(19-23-1-7-28(8-2-23)35(39)40)21-34(22-27(31)20-24-3-9-29(10-4-24)36(41)42)32(38)25-5-11-30(12-6-25)44-18-15-33-13-16-43-17-14-33/h1-12,19-20H,13-18,21-22H2/b26-19-,27-20+. The van der Waals surface area contributed by atoms with Crippen LogP contribution in [-0.4, -0.2) is 83.9 Å². The first-order valence-corrected chi connectivity index (χ1v) is 14.0. The third-order valence-corrected chi connectivity index (χ3v) is 7.36. The number of nitrogens with zero attached hydrogens (tertiary/aromatic N) is 4. The maximum absolute atomic E-state index is 13.6. The average Bonchev–Trinajstić information content (AvgIpc) is 3.04. The van der Waals surface area contributed by atoms with Crippen LogP contribution in [0.1, 0.15) is 21.5 Å². The molecule has 0 saturated carbocycles. The second kappa shape index (κ2) is 13.8. The van der Waals surface area contributed by atoms with Crippen LogP contribution in [0.25, 0.3) is 12.2 Å². The summed E-state index contributed by atoms with van der Waals surface area (Å²) in [5, 5.41) is 22.1. The molecule has 5 rings (SSSR count). The predicted molar refractivity (Wildman–Crippen MR) is 162 cm³/mol. The number of likely N-dealkylation sites (tertiary alicyclic amines) is 1. The van der Waals surface area contributed by atoms with Crippen LogP contribution in [0.2, 0.25) is 0 Å². The Labute approximate surface area is 253 Å². The third kappa shape index (κ3) is 7.60. The Hall–Kier alpha value is -5.20. The molecule has 3 aromatic rings. The fraction of sp³-hybridized carbons (Fsp3) is 0.250. The predicted octanol–water partition coefficient (Wildman–Crippen LogP) is 4.41. The molecule has 44 heavy (non-hydrogen) atoms. The molecule has 2 aliphatic heterocycles. The highest BCUT2D eigenvalue weighted by Crippen LogP contribution is 2.25. The first-order chi connectivity index (χ1) is 21.3. The summed E-state index contributed by atoms with van der Waals surface area (Å²) >= 11 is 0. The number of carbonyl (C=O) groups excluding carboxylic acids is 2. The van der Waals surface area contributed by atoms with E-state index in [1.54, 1.807) is 41.3 Å². The molecule has 2 saturated heterocycles. The van der Waals surface area contributed by atoms with Gasteiger partial charge in [0.2, 0.25) is 0 Å². The molecule has 1 amide bonds. The Morgan fingerprint density at radius 1 is 0.795 bits per heavy atom. The average molecular weight is 599 g/mol. The lowest BCUT2D eigenvalue weighted by Crippen LogP contribution is -2.41. The Bertz CT molecular complexity index is 1510. The normalized spacial score (nSPS) is 17.5. The molecule has 0 radical (unpaired) electrons. The smallest absolute Gasteiger partial charge is 0.269 e. The van der Waals surface area contributed by atoms with Crippen molar-refractivity contribution in [2.75, 3.05) is 52.5 Å². The lowest BCUT2D eigenvalue weighted by atomic mass is 9.93. The fourth-order valence-corrected chi connectivity index (χ4v) is 4.96. The van der Waals surface area contributed by atoms with E-state index in [1.807, 2.05) is 0 Å². The minimum Gasteiger partial charge on any atom is -0.492 e. The number of hydrogen-bond acceptors (Lipinski definition) is 9. The summed E-state index contributed by atoms with van der Waals surface area (Å²) in [6.45, 7) is 4.53. The highest BCUT2D eigenvalue weighted by atomic mass is 16.6. The fourth-order valence-electron chi connectivity index (χ4n) is 4.96. The number of nitro groups is 2. The molecular formula is C32H30N4O8. The van der Waals surface area contributed by atoms with Crippen molar-refractivity contribution in [2.45, 2.75) is 0 Å². The van der Waals surface area contributed by atoms with Crippen LogP contribution in [0.15, 0.2) is 83.9 Å². The van der Waals surface area contributed by atoms with Crippen LogP contribution >= 0.6 is 0 Å². The molecule has 3 aromatic carbocycles. The van der Waals surface area contributed by atoms with Crippen molar-refractivity contribution in [3.63, 3.8) is 0 Å². The van der Waals surface area contributed by atoms with Crippen molar-refractivity contribution >= 4 is 35.2 Å². The van der Waals surface area contributed by atoms with Crippen molar-refractivity contribution in [3.8, 4) is 5.75 Å². The Kier molecular flexibility index (Phi) is 9.52. The van der Waals surface area contributed by atoms with Gasteiger partial charge in [0, 0.05) is 60.6 Å². The van der Waals surface area contributed by atoms with Gasteiger partial charge in [-0.2, -0.15) is 0 Å². The quantitative estimate of drug-likeness (QED) is 0.199. The van der Waals surface area contributed by atoms with E-state index in [-0.39, 0.29) is 36.2 Å². The van der Waals surface area contributed by atoms with Crippen LogP contribution in [0.4, 0.5) is 11.4 Å². The molecule has 0 bridgehead atoms. The Balaban J connectivity index is 1.35. The number of carbonyl (C=O) groups is 2. The number of benzene rings is 3. The monoisotopic (exact) mass is 598 g/mol. The van der Waals surface area contributed by atoms with Gasteiger partial charge in [0.05, 0.1) is 36.1 Å². The summed E-state index contributed by atoms with van der Waals surface area (Å²) in [4.78, 5) is 52.1. The minimum atomic E-state index is -0.505. The molecule has 2 aliphatic rings. The zero-order valence-corrected chi connectivity index (χ0v) is 23.8. The van der Waals surface area contributed by atoms with Crippen molar-refractivity contribution in [2.24, 2.45) is 0 Å². The molecule has 0 aromatic heterocycles. The molecule has 2 heterocycles. The number of piperidine rings is 1. The number of ketones is 1. The molecule has 0 N–H and O–H groups in total. The zero-order valence-electron chi connectivity index (χ0n) is 23.8. The van der Waals surface area contributed by atoms with Gasteiger partial charge in [-0.3, -0.25) is 34.7 Å². The van der Waals surface area contributed by atoms with Crippen LogP contribution in [-0.2, 0) is 9.53 Å². The molecule has 12 nitrogen and oxygen atoms in total. The van der Waals surface area contributed by atoms with Crippen molar-refractivity contribution in [1.29, 1.82) is 0 Å². The number of non-ortho nitro benzene ring substituents is 2. The van der Waals surface area contributed by atoms with Gasteiger partial charge in [0.1, 0.15) is 12.4 Å². The summed E-state index contributed by atoms with van der Waals surface area (Å²) in [7, 11) is 0. The van der Waals surface area contributed by atoms with E-state index in [1.165, 1.54) is 48.5 Å². The first kappa shape index (κ1) is 30.3. The molecule has 0 atom stereocenters. The summed E-state index contributed by atoms with van der Waals surface area (Å²) in [6.07, 6.45) is 3.22. The van der Waals surface area contributed by atoms with Gasteiger partial charge in [-0.1, -0.05) is 0 Å². The van der Waals surface area contributed by atoms with Gasteiger partial charge in [0.15, 0.2) is 5.78 Å². The molecule has 226 valence electrons. The van der Waals surface area contributed by atoms with E-state index >= 15 is 0 Å². The van der Waals surface area contributed by atoms with Gasteiger partial charge in [-0.05, 0) is 71.8 Å². The number of hydrogen-bond donors (Lipinski definition) is 0. The van der Waals surface area contributed by atoms with Gasteiger partial charge < -0.3 is 14.4 Å². The van der Waals surface area contributed by atoms with Crippen LogP contribution in [0.5, 0.6) is 5.75 Å². The number of rotatable bonds is 9. The van der Waals surface area contributed by atoms with E-state index in [9.17, 15) is 29.8 Å². The van der Waals surface area contributed by atoms with E-state index < -0.39 is 9.85 Å². The Morgan fingerprint density at radius 2 is 1.30 bits per heavy atom. The van der Waals surface area contributed by atoms with Gasteiger partial charge in [-0.15, -0.1) is 0 Å². The SMILES string of the molecule is O=C1/C(=C\c2ccc([N+](=O)[O-])cc2)CN(C(=O)c2ccc(OCCN3CCOCC3)cc2)C/C1=C\c1ccc([N+](=O)[O-])cc1. The number of Topliss-reactive ketones (excluding diaryl/α,β-unsaturated/α-hetero) is 1. The zero-order chi connectivity index (χ0) is 31.1. The van der Waals surface area contributed by atoms with Crippen LogP contribution in [0.3, 0.4) is 0 Å². The molecule has 0 unspecified atom stereocenters. The summed E-state index contributed by atoms with van der Waals surface area (Å²) < 4.78 is 11.2. The summed E-state index contributed by atoms with van der Waals surface area (Å²) in [6, 6.07) is 18.4. The maximum Gasteiger partial charge on any atom is 0.269 e. The van der Waals surface area contributed by atoms with Crippen LogP contribution in [0, 0.1) is 20.2 Å². The van der Waals surface area contributed by atoms with Gasteiger partial charge in [-0.25, -0.2) is 0 Å². The highest BCUT2D eigenvalue weighted by Gasteiger charge is 2.30. The number of amides is 1. The van der Waals surface area contributed by atoms with Crippen LogP contribution < -0.4 is 4.74 Å². The Morgan fingerprint density at radius 3 is 1.77 bits per heavy atom. The molecular weight excluding hydrogens is 568 g/mol. The van der Waals surface area contributed by atoms with Crippen molar-refractivity contribution in [1.82, 2.24) is 9.80 Å². The van der Waals surface area contributed by atoms with E-state index in [0.29, 0.717) is 53.4 Å². The lowest BCUT2D eigenvalue weighted by Gasteiger charge is -2.30. The molecule has 0 aliphatic carbocycles. The van der Waals surface area contributed by atoms with E-state index in [0.717, 1.165) is 19.6 Å². The second-order valence-corrected chi connectivity index (χ2v) is 10.4. The largest absolute Gasteiger partial charge is 0.492 e. The minimum absolute atomic E-state index is 0.0318.